The molecule has 2 aliphatic rings. The highest BCUT2D eigenvalue weighted by molar-refractivity contribution is 5.80. The Morgan fingerprint density at radius 3 is 3.10 bits per heavy atom. The van der Waals surface area contributed by atoms with Crippen LogP contribution < -0.4 is 5.32 Å². The number of allylic oxidation sites excluding steroid dienone is 1. The smallest absolute Gasteiger partial charge is 0.226 e. The van der Waals surface area contributed by atoms with E-state index in [-0.39, 0.29) is 24.0 Å². The Morgan fingerprint density at radius 1 is 1.50 bits per heavy atom. The Bertz CT molecular complexity index is 509. The van der Waals surface area contributed by atoms with Crippen molar-refractivity contribution in [1.29, 1.82) is 0 Å². The highest BCUT2D eigenvalue weighted by Gasteiger charge is 2.36. The number of hydrogen-bond donors (Lipinski definition) is 1. The highest BCUT2D eigenvalue weighted by atomic mass is 16.5. The molecule has 1 saturated heterocycles. The predicted molar refractivity (Wildman–Crippen MR) is 74.9 cm³/mol. The Kier molecular flexibility index (Phi) is 3.87. The van der Waals surface area contributed by atoms with Crippen molar-refractivity contribution in [1.82, 2.24) is 15.1 Å². The van der Waals surface area contributed by atoms with Gasteiger partial charge in [-0.25, -0.2) is 0 Å². The molecule has 20 heavy (non-hydrogen) atoms. The van der Waals surface area contributed by atoms with Crippen molar-refractivity contribution >= 4 is 5.91 Å². The van der Waals surface area contributed by atoms with Crippen molar-refractivity contribution in [3.8, 4) is 0 Å². The topological polar surface area (TPSA) is 56.1 Å². The minimum absolute atomic E-state index is 0.102. The zero-order chi connectivity index (χ0) is 13.9. The van der Waals surface area contributed by atoms with Gasteiger partial charge >= 0.3 is 0 Å². The van der Waals surface area contributed by atoms with Crippen molar-refractivity contribution in [3.05, 3.63) is 30.1 Å². The van der Waals surface area contributed by atoms with Gasteiger partial charge in [0.2, 0.25) is 5.91 Å². The molecule has 0 bridgehead atoms. The Balaban J connectivity index is 1.67. The van der Waals surface area contributed by atoms with Crippen LogP contribution in [0.4, 0.5) is 0 Å². The number of nitrogens with zero attached hydrogens (tertiary/aromatic N) is 2. The van der Waals surface area contributed by atoms with Crippen molar-refractivity contribution in [2.75, 3.05) is 6.61 Å². The second-order valence-corrected chi connectivity index (χ2v) is 5.61. The monoisotopic (exact) mass is 275 g/mol. The molecule has 1 fully saturated rings. The molecule has 1 N–H and O–H groups in total. The minimum atomic E-state index is -0.156. The zero-order valence-electron chi connectivity index (χ0n) is 11.8. The largest absolute Gasteiger partial charge is 0.373 e. The van der Waals surface area contributed by atoms with Gasteiger partial charge in [0, 0.05) is 31.5 Å². The van der Waals surface area contributed by atoms with Crippen LogP contribution >= 0.6 is 0 Å². The van der Waals surface area contributed by atoms with E-state index >= 15 is 0 Å². The first-order valence-electron chi connectivity index (χ1n) is 7.31. The lowest BCUT2D eigenvalue weighted by atomic mass is 9.95. The Labute approximate surface area is 119 Å². The van der Waals surface area contributed by atoms with Gasteiger partial charge in [0.25, 0.3) is 0 Å². The van der Waals surface area contributed by atoms with Gasteiger partial charge in [0.15, 0.2) is 0 Å². The molecule has 1 aromatic rings. The fraction of sp³-hybridized carbons (Fsp3) is 0.600. The van der Waals surface area contributed by atoms with E-state index in [1.807, 2.05) is 13.2 Å². The maximum Gasteiger partial charge on any atom is 0.226 e. The molecule has 2 heterocycles. The van der Waals surface area contributed by atoms with Crippen LogP contribution in [0.25, 0.3) is 0 Å². The number of aromatic nitrogens is 2. The Morgan fingerprint density at radius 2 is 2.40 bits per heavy atom. The summed E-state index contributed by atoms with van der Waals surface area (Å²) in [5, 5.41) is 7.30. The van der Waals surface area contributed by atoms with Gasteiger partial charge in [-0.1, -0.05) is 12.2 Å². The maximum absolute atomic E-state index is 12.5. The van der Waals surface area contributed by atoms with Crippen LogP contribution in [0, 0.1) is 5.92 Å². The highest BCUT2D eigenvalue weighted by Crippen LogP contribution is 2.34. The van der Waals surface area contributed by atoms with Crippen molar-refractivity contribution < 1.29 is 9.53 Å². The number of rotatable bonds is 3. The van der Waals surface area contributed by atoms with E-state index < -0.39 is 0 Å². The molecule has 1 amide bonds. The number of ether oxygens (including phenoxy) is 1. The molecular weight excluding hydrogens is 254 g/mol. The third-order valence-corrected chi connectivity index (χ3v) is 4.06. The summed E-state index contributed by atoms with van der Waals surface area (Å²) in [4.78, 5) is 12.5. The molecule has 1 aliphatic heterocycles. The van der Waals surface area contributed by atoms with Gasteiger partial charge in [-0.15, -0.1) is 0 Å². The summed E-state index contributed by atoms with van der Waals surface area (Å²) in [6.07, 6.45) is 11.9. The van der Waals surface area contributed by atoms with Gasteiger partial charge in [-0.2, -0.15) is 5.10 Å². The SMILES string of the molecule is Cn1cc([C@H]2OCC[C@@H]2C(=O)N[C@@H]2C=CCCC2)cn1. The van der Waals surface area contributed by atoms with Gasteiger partial charge in [-0.05, 0) is 25.7 Å². The van der Waals surface area contributed by atoms with E-state index in [9.17, 15) is 4.79 Å². The molecule has 108 valence electrons. The molecule has 0 saturated carbocycles. The third-order valence-electron chi connectivity index (χ3n) is 4.06. The summed E-state index contributed by atoms with van der Waals surface area (Å²) in [5.41, 5.74) is 0.990. The summed E-state index contributed by atoms with van der Waals surface area (Å²) >= 11 is 0. The number of aryl methyl sites for hydroxylation is 1. The summed E-state index contributed by atoms with van der Waals surface area (Å²) in [7, 11) is 1.88. The number of nitrogens with one attached hydrogen (secondary N) is 1. The van der Waals surface area contributed by atoms with Gasteiger partial charge in [0.05, 0.1) is 18.2 Å². The molecule has 3 rings (SSSR count). The van der Waals surface area contributed by atoms with E-state index in [1.165, 1.54) is 0 Å². The van der Waals surface area contributed by atoms with Crippen LogP contribution in [0.15, 0.2) is 24.5 Å². The molecule has 5 heteroatoms. The molecule has 0 spiro atoms. The second-order valence-electron chi connectivity index (χ2n) is 5.61. The number of carbonyl (C=O) groups excluding carboxylic acids is 1. The fourth-order valence-corrected chi connectivity index (χ4v) is 3.00. The van der Waals surface area contributed by atoms with E-state index in [2.05, 4.69) is 22.6 Å². The van der Waals surface area contributed by atoms with Crippen LogP contribution in [0.2, 0.25) is 0 Å². The molecule has 1 aliphatic carbocycles. The first-order chi connectivity index (χ1) is 9.74. The lowest BCUT2D eigenvalue weighted by molar-refractivity contribution is -0.127. The van der Waals surface area contributed by atoms with Gasteiger partial charge in [-0.3, -0.25) is 9.48 Å². The van der Waals surface area contributed by atoms with Crippen LogP contribution in [0.3, 0.4) is 0 Å². The number of amides is 1. The van der Waals surface area contributed by atoms with E-state index in [0.29, 0.717) is 6.61 Å². The number of hydrogen-bond acceptors (Lipinski definition) is 3. The van der Waals surface area contributed by atoms with Crippen LogP contribution in [0.5, 0.6) is 0 Å². The first kappa shape index (κ1) is 13.4. The minimum Gasteiger partial charge on any atom is -0.373 e. The van der Waals surface area contributed by atoms with Crippen LogP contribution in [-0.2, 0) is 16.6 Å². The second kappa shape index (κ2) is 5.79. The van der Waals surface area contributed by atoms with E-state index in [0.717, 1.165) is 31.2 Å². The van der Waals surface area contributed by atoms with Gasteiger partial charge < -0.3 is 10.1 Å². The van der Waals surface area contributed by atoms with Crippen molar-refractivity contribution in [2.45, 2.75) is 37.8 Å². The van der Waals surface area contributed by atoms with Crippen molar-refractivity contribution in [3.63, 3.8) is 0 Å². The molecule has 0 unspecified atom stereocenters. The average molecular weight is 275 g/mol. The zero-order valence-corrected chi connectivity index (χ0v) is 11.8. The molecule has 0 aromatic carbocycles. The average Bonchev–Trinajstić information content (AvgIpc) is 3.08. The molecule has 0 radical (unpaired) electrons. The van der Waals surface area contributed by atoms with Crippen molar-refractivity contribution in [2.24, 2.45) is 13.0 Å². The van der Waals surface area contributed by atoms with E-state index in [1.54, 1.807) is 10.9 Å². The summed E-state index contributed by atoms with van der Waals surface area (Å²) in [5.74, 6) is 0.00225. The lowest BCUT2D eigenvalue weighted by Gasteiger charge is -2.22. The summed E-state index contributed by atoms with van der Waals surface area (Å²) < 4.78 is 7.49. The van der Waals surface area contributed by atoms with Crippen LogP contribution in [-0.4, -0.2) is 28.3 Å². The van der Waals surface area contributed by atoms with Gasteiger partial charge in [0.1, 0.15) is 0 Å². The lowest BCUT2D eigenvalue weighted by Crippen LogP contribution is -2.39. The van der Waals surface area contributed by atoms with E-state index in [4.69, 9.17) is 4.74 Å². The quantitative estimate of drug-likeness (QED) is 0.855. The molecule has 1 aromatic heterocycles. The molecule has 3 atom stereocenters. The Hall–Kier alpha value is -1.62. The predicted octanol–water partition coefficient (Wildman–Crippen LogP) is 1.72. The maximum atomic E-state index is 12.5. The summed E-state index contributed by atoms with van der Waals surface area (Å²) in [6, 6.07) is 0.186. The first-order valence-corrected chi connectivity index (χ1v) is 7.31. The summed E-state index contributed by atoms with van der Waals surface area (Å²) in [6.45, 7) is 0.637. The fourth-order valence-electron chi connectivity index (χ4n) is 3.00. The van der Waals surface area contributed by atoms with Crippen LogP contribution in [0.1, 0.15) is 37.4 Å². The normalized spacial score (nSPS) is 29.6. The molecular formula is C15H21N3O2. The molecule has 5 nitrogen and oxygen atoms in total. The third kappa shape index (κ3) is 2.77. The number of carbonyl (C=O) groups is 1. The standard InChI is InChI=1S/C15H21N3O2/c1-18-10-11(9-16-18)14-13(7-8-20-14)15(19)17-12-5-3-2-4-6-12/h3,5,9-10,12-14H,2,4,6-8H2,1H3,(H,17,19)/t12-,13+,14-/m1/s1.